The first-order chi connectivity index (χ1) is 12.2. The van der Waals surface area contributed by atoms with Gasteiger partial charge in [-0.3, -0.25) is 4.79 Å². The van der Waals surface area contributed by atoms with E-state index in [1.165, 1.54) is 7.11 Å². The molecule has 1 amide bonds. The number of hydrogen-bond acceptors (Lipinski definition) is 6. The van der Waals surface area contributed by atoms with Crippen LogP contribution in [0.5, 0.6) is 5.75 Å². The number of halogens is 1. The van der Waals surface area contributed by atoms with Gasteiger partial charge in [0.25, 0.3) is 5.91 Å². The normalized spacial score (nSPS) is 10.9. The summed E-state index contributed by atoms with van der Waals surface area (Å²) in [5, 5.41) is 7.40. The van der Waals surface area contributed by atoms with Crippen molar-refractivity contribution in [1.29, 1.82) is 0 Å². The number of amides is 1. The van der Waals surface area contributed by atoms with Crippen molar-refractivity contribution in [3.63, 3.8) is 0 Å². The number of carbonyl (C=O) groups is 2. The topological polar surface area (TPSA) is 125 Å². The zero-order valence-corrected chi connectivity index (χ0v) is 14.4. The fourth-order valence-corrected chi connectivity index (χ4v) is 2.48. The average molecular weight is 382 g/mol. The summed E-state index contributed by atoms with van der Waals surface area (Å²) in [5.41, 5.74) is -0.237. The maximum atomic E-state index is 13.7. The second-order valence-electron chi connectivity index (χ2n) is 5.04. The van der Waals surface area contributed by atoms with Gasteiger partial charge in [0.1, 0.15) is 11.6 Å². The van der Waals surface area contributed by atoms with Gasteiger partial charge in [-0.25, -0.2) is 22.7 Å². The molecule has 0 heterocycles. The molecule has 2 aromatic rings. The van der Waals surface area contributed by atoms with Crippen LogP contribution in [-0.2, 0) is 19.6 Å². The number of rotatable bonds is 6. The van der Waals surface area contributed by atoms with Crippen molar-refractivity contribution >= 4 is 27.6 Å². The summed E-state index contributed by atoms with van der Waals surface area (Å²) in [6, 6.07) is 8.90. The van der Waals surface area contributed by atoms with Gasteiger partial charge < -0.3 is 14.8 Å². The highest BCUT2D eigenvalue weighted by atomic mass is 32.2. The van der Waals surface area contributed by atoms with Gasteiger partial charge in [0.15, 0.2) is 6.61 Å². The molecule has 0 saturated heterocycles. The third-order valence-corrected chi connectivity index (χ3v) is 4.09. The number of primary sulfonamides is 1. The first kappa shape index (κ1) is 19.3. The quantitative estimate of drug-likeness (QED) is 0.725. The number of hydrogen-bond donors (Lipinski definition) is 2. The summed E-state index contributed by atoms with van der Waals surface area (Å²) in [7, 11) is -2.65. The fraction of sp³-hybridized carbons (Fsp3) is 0.125. The zero-order valence-electron chi connectivity index (χ0n) is 13.6. The van der Waals surface area contributed by atoms with E-state index in [0.29, 0.717) is 11.4 Å². The lowest BCUT2D eigenvalue weighted by atomic mass is 10.2. The molecule has 3 N–H and O–H groups in total. The molecule has 8 nitrogen and oxygen atoms in total. The Morgan fingerprint density at radius 3 is 2.58 bits per heavy atom. The number of benzene rings is 2. The smallest absolute Gasteiger partial charge is 0.341 e. The second kappa shape index (κ2) is 7.93. The van der Waals surface area contributed by atoms with Crippen molar-refractivity contribution in [2.24, 2.45) is 5.14 Å². The number of sulfonamides is 1. The molecule has 0 spiro atoms. The molecule has 26 heavy (non-hydrogen) atoms. The van der Waals surface area contributed by atoms with Crippen molar-refractivity contribution < 1.29 is 31.9 Å². The first-order valence-electron chi connectivity index (χ1n) is 7.14. The number of carbonyl (C=O) groups excluding carboxylic acids is 2. The van der Waals surface area contributed by atoms with E-state index in [-0.39, 0.29) is 0 Å². The molecule has 0 aliphatic heterocycles. The molecule has 0 radical (unpaired) electrons. The van der Waals surface area contributed by atoms with E-state index in [1.54, 1.807) is 24.3 Å². The summed E-state index contributed by atoms with van der Waals surface area (Å²) in [6.07, 6.45) is 0. The highest BCUT2D eigenvalue weighted by molar-refractivity contribution is 7.89. The van der Waals surface area contributed by atoms with Crippen molar-refractivity contribution in [1.82, 2.24) is 0 Å². The minimum Gasteiger partial charge on any atom is -0.497 e. The SMILES string of the molecule is COc1cccc(NC(=O)COC(=O)c2cc(S(N)(=O)=O)ccc2F)c1. The predicted molar refractivity (Wildman–Crippen MR) is 89.7 cm³/mol. The summed E-state index contributed by atoms with van der Waals surface area (Å²) < 4.78 is 46.0. The standard InChI is InChI=1S/C16H15FN2O6S/c1-24-11-4-2-3-10(7-11)19-15(20)9-25-16(21)13-8-12(26(18,22)23)5-6-14(13)17/h2-8H,9H2,1H3,(H,19,20)(H2,18,22,23). The van der Waals surface area contributed by atoms with Crippen molar-refractivity contribution in [2.45, 2.75) is 4.90 Å². The number of nitrogens with two attached hydrogens (primary N) is 1. The minimum absolute atomic E-state index is 0.410. The van der Waals surface area contributed by atoms with Crippen LogP contribution in [0.1, 0.15) is 10.4 Å². The Balaban J connectivity index is 2.03. The van der Waals surface area contributed by atoms with Gasteiger partial charge in [0.05, 0.1) is 17.6 Å². The van der Waals surface area contributed by atoms with E-state index in [1.807, 2.05) is 0 Å². The van der Waals surface area contributed by atoms with Crippen LogP contribution >= 0.6 is 0 Å². The number of ether oxygens (including phenoxy) is 2. The van der Waals surface area contributed by atoms with Gasteiger partial charge in [-0.2, -0.15) is 0 Å². The molecular weight excluding hydrogens is 367 g/mol. The Bertz CT molecular complexity index is 946. The summed E-state index contributed by atoms with van der Waals surface area (Å²) >= 11 is 0. The zero-order chi connectivity index (χ0) is 19.3. The Labute approximate surface area is 148 Å². The van der Waals surface area contributed by atoms with Crippen molar-refractivity contribution in [2.75, 3.05) is 19.0 Å². The molecule has 0 atom stereocenters. The molecule has 10 heteroatoms. The summed E-state index contributed by atoms with van der Waals surface area (Å²) in [5.74, 6) is -2.36. The van der Waals surface area contributed by atoms with Gasteiger partial charge in [0.2, 0.25) is 10.0 Å². The molecule has 0 aromatic heterocycles. The average Bonchev–Trinajstić information content (AvgIpc) is 2.59. The first-order valence-corrected chi connectivity index (χ1v) is 8.68. The van der Waals surface area contributed by atoms with Crippen LogP contribution in [0.25, 0.3) is 0 Å². The number of anilines is 1. The van der Waals surface area contributed by atoms with Gasteiger partial charge in [-0.05, 0) is 30.3 Å². The molecule has 0 unspecified atom stereocenters. The van der Waals surface area contributed by atoms with E-state index < -0.39 is 44.8 Å². The van der Waals surface area contributed by atoms with E-state index in [0.717, 1.165) is 18.2 Å². The molecule has 0 bridgehead atoms. The largest absolute Gasteiger partial charge is 0.497 e. The number of esters is 1. The number of nitrogens with one attached hydrogen (secondary N) is 1. The fourth-order valence-electron chi connectivity index (χ4n) is 1.94. The van der Waals surface area contributed by atoms with Gasteiger partial charge in [-0.15, -0.1) is 0 Å². The van der Waals surface area contributed by atoms with Crippen LogP contribution in [-0.4, -0.2) is 34.0 Å². The van der Waals surface area contributed by atoms with Gasteiger partial charge >= 0.3 is 5.97 Å². The molecule has 0 aliphatic carbocycles. The van der Waals surface area contributed by atoms with E-state index in [4.69, 9.17) is 14.6 Å². The van der Waals surface area contributed by atoms with Crippen LogP contribution in [0.3, 0.4) is 0 Å². The molecule has 138 valence electrons. The Morgan fingerprint density at radius 2 is 1.92 bits per heavy atom. The van der Waals surface area contributed by atoms with Gasteiger partial charge in [-0.1, -0.05) is 6.07 Å². The summed E-state index contributed by atoms with van der Waals surface area (Å²) in [4.78, 5) is 23.3. The van der Waals surface area contributed by atoms with Gasteiger partial charge in [0, 0.05) is 11.8 Å². The third kappa shape index (κ3) is 5.01. The van der Waals surface area contributed by atoms with E-state index in [2.05, 4.69) is 5.32 Å². The van der Waals surface area contributed by atoms with Crippen molar-refractivity contribution in [3.05, 3.63) is 53.8 Å². The molecule has 0 fully saturated rings. The van der Waals surface area contributed by atoms with Crippen LogP contribution in [0, 0.1) is 5.82 Å². The van der Waals surface area contributed by atoms with Crippen LogP contribution in [0.2, 0.25) is 0 Å². The Morgan fingerprint density at radius 1 is 1.19 bits per heavy atom. The second-order valence-corrected chi connectivity index (χ2v) is 6.60. The lowest BCUT2D eigenvalue weighted by Crippen LogP contribution is -2.21. The van der Waals surface area contributed by atoms with E-state index in [9.17, 15) is 22.4 Å². The van der Waals surface area contributed by atoms with Crippen LogP contribution in [0.15, 0.2) is 47.4 Å². The molecule has 2 aromatic carbocycles. The molecule has 0 saturated carbocycles. The lowest BCUT2D eigenvalue weighted by Gasteiger charge is -2.09. The lowest BCUT2D eigenvalue weighted by molar-refractivity contribution is -0.119. The van der Waals surface area contributed by atoms with Crippen LogP contribution in [0.4, 0.5) is 10.1 Å². The Kier molecular flexibility index (Phi) is 5.90. The molecule has 0 aliphatic rings. The summed E-state index contributed by atoms with van der Waals surface area (Å²) in [6.45, 7) is -0.699. The molecule has 2 rings (SSSR count). The minimum atomic E-state index is -4.12. The highest BCUT2D eigenvalue weighted by Gasteiger charge is 2.19. The van der Waals surface area contributed by atoms with Crippen molar-refractivity contribution in [3.8, 4) is 5.75 Å². The monoisotopic (exact) mass is 382 g/mol. The van der Waals surface area contributed by atoms with E-state index >= 15 is 0 Å². The third-order valence-electron chi connectivity index (χ3n) is 3.17. The maximum absolute atomic E-state index is 13.7. The number of methoxy groups -OCH3 is 1. The predicted octanol–water partition coefficient (Wildman–Crippen LogP) is 1.28. The highest BCUT2D eigenvalue weighted by Crippen LogP contribution is 2.17. The Hall–Kier alpha value is -2.98. The van der Waals surface area contributed by atoms with Crippen LogP contribution < -0.4 is 15.2 Å². The molecular formula is C16H15FN2O6S. The maximum Gasteiger partial charge on any atom is 0.341 e.